The van der Waals surface area contributed by atoms with Crippen molar-refractivity contribution in [3.63, 3.8) is 0 Å². The molecule has 0 fully saturated rings. The van der Waals surface area contributed by atoms with Gasteiger partial charge in [-0.05, 0) is 6.92 Å². The van der Waals surface area contributed by atoms with E-state index in [0.717, 1.165) is 0 Å². The second kappa shape index (κ2) is 2.22. The predicted molar refractivity (Wildman–Crippen MR) is 23.5 cm³/mol. The van der Waals surface area contributed by atoms with Crippen molar-refractivity contribution in [1.82, 2.24) is 0 Å². The summed E-state index contributed by atoms with van der Waals surface area (Å²) >= 11 is 2.93. The minimum atomic E-state index is 0.623. The quantitative estimate of drug-likeness (QED) is 0.490. The molecule has 0 saturated carbocycles. The highest BCUT2D eigenvalue weighted by Gasteiger charge is 1.83. The maximum atomic E-state index is 7.81. The van der Waals surface area contributed by atoms with Crippen LogP contribution in [0.2, 0.25) is 0 Å². The van der Waals surface area contributed by atoms with Crippen LogP contribution in [0.3, 0.4) is 0 Å². The molecule has 0 aromatic heterocycles. The fourth-order valence-electron chi connectivity index (χ4n) is 0. The topological polar surface area (TPSA) is 23.8 Å². The highest BCUT2D eigenvalue weighted by molar-refractivity contribution is 9.11. The molecule has 1 nitrogen and oxygen atoms in total. The molecule has 5 heavy (non-hydrogen) atoms. The highest BCUT2D eigenvalue weighted by Crippen LogP contribution is 2.02. The molecule has 0 spiro atoms. The molecule has 0 saturated heterocycles. The molecular formula is C3H3BrN. The van der Waals surface area contributed by atoms with E-state index >= 15 is 0 Å². The summed E-state index contributed by atoms with van der Waals surface area (Å²) < 4.78 is 0. The van der Waals surface area contributed by atoms with Crippen molar-refractivity contribution in [3.8, 4) is 6.07 Å². The number of nitriles is 1. The first kappa shape index (κ1) is 4.97. The van der Waals surface area contributed by atoms with Gasteiger partial charge in [0.1, 0.15) is 4.83 Å². The summed E-state index contributed by atoms with van der Waals surface area (Å²) in [6, 6.07) is 1.86. The summed E-state index contributed by atoms with van der Waals surface area (Å²) in [5.74, 6) is 0. The van der Waals surface area contributed by atoms with Gasteiger partial charge < -0.3 is 0 Å². The van der Waals surface area contributed by atoms with Crippen molar-refractivity contribution in [2.75, 3.05) is 0 Å². The van der Waals surface area contributed by atoms with Crippen LogP contribution in [0.5, 0.6) is 0 Å². The first-order valence-electron chi connectivity index (χ1n) is 1.16. The number of hydrogen-bond donors (Lipinski definition) is 0. The lowest BCUT2D eigenvalue weighted by molar-refractivity contribution is 1.43. The molecule has 0 atom stereocenters. The van der Waals surface area contributed by atoms with E-state index in [1.165, 1.54) is 0 Å². The third-order valence-electron chi connectivity index (χ3n) is 0.154. The van der Waals surface area contributed by atoms with Gasteiger partial charge in [0.25, 0.3) is 0 Å². The molecule has 1 radical (unpaired) electrons. The minimum Gasteiger partial charge on any atom is -0.197 e. The molecule has 0 unspecified atom stereocenters. The Labute approximate surface area is 39.7 Å². The minimum absolute atomic E-state index is 0.623. The average Bonchev–Trinajstić information content (AvgIpc) is 1.38. The zero-order valence-electron chi connectivity index (χ0n) is 2.83. The van der Waals surface area contributed by atoms with E-state index in [1.807, 2.05) is 6.07 Å². The van der Waals surface area contributed by atoms with Gasteiger partial charge in [-0.1, -0.05) is 15.9 Å². The predicted octanol–water partition coefficient (Wildman–Crippen LogP) is 1.46. The zero-order valence-corrected chi connectivity index (χ0v) is 4.41. The summed E-state index contributed by atoms with van der Waals surface area (Å²) in [7, 11) is 0. The second-order valence-electron chi connectivity index (χ2n) is 0.645. The Bertz CT molecular complexity index is 52.4. The molecule has 0 aromatic rings. The van der Waals surface area contributed by atoms with Gasteiger partial charge in [0.15, 0.2) is 0 Å². The molecule has 0 aliphatic carbocycles. The van der Waals surface area contributed by atoms with Gasteiger partial charge in [-0.2, -0.15) is 5.26 Å². The summed E-state index contributed by atoms with van der Waals surface area (Å²) in [5.41, 5.74) is 0. The molecule has 27 valence electrons. The van der Waals surface area contributed by atoms with Gasteiger partial charge in [0, 0.05) is 0 Å². The summed E-state index contributed by atoms with van der Waals surface area (Å²) in [4.78, 5) is 0.623. The Kier molecular flexibility index (Phi) is 2.21. The van der Waals surface area contributed by atoms with Crippen molar-refractivity contribution < 1.29 is 0 Å². The molecule has 0 aliphatic rings. The highest BCUT2D eigenvalue weighted by atomic mass is 79.9. The second-order valence-corrected chi connectivity index (χ2v) is 1.83. The van der Waals surface area contributed by atoms with Crippen LogP contribution < -0.4 is 0 Å². The SMILES string of the molecule is C[C](Br)C#N. The van der Waals surface area contributed by atoms with Crippen LogP contribution >= 0.6 is 15.9 Å². The Balaban J connectivity index is 2.94. The van der Waals surface area contributed by atoms with E-state index in [2.05, 4.69) is 15.9 Å². The van der Waals surface area contributed by atoms with E-state index in [0.29, 0.717) is 4.83 Å². The van der Waals surface area contributed by atoms with E-state index in [-0.39, 0.29) is 0 Å². The number of rotatable bonds is 0. The molecule has 0 aromatic carbocycles. The van der Waals surface area contributed by atoms with Gasteiger partial charge in [-0.25, -0.2) is 0 Å². The summed E-state index contributed by atoms with van der Waals surface area (Å²) in [5, 5.41) is 7.81. The van der Waals surface area contributed by atoms with Gasteiger partial charge in [0.2, 0.25) is 0 Å². The third-order valence-corrected chi connectivity index (χ3v) is 0.331. The number of nitrogens with zero attached hydrogens (tertiary/aromatic N) is 1. The summed E-state index contributed by atoms with van der Waals surface area (Å²) in [6.07, 6.45) is 0. The fraction of sp³-hybridized carbons (Fsp3) is 0.333. The van der Waals surface area contributed by atoms with Crippen LogP contribution in [0.25, 0.3) is 0 Å². The van der Waals surface area contributed by atoms with Crippen LogP contribution in [0.1, 0.15) is 6.92 Å². The maximum absolute atomic E-state index is 7.81. The molecule has 0 rings (SSSR count). The molecule has 0 aliphatic heterocycles. The molecule has 0 bridgehead atoms. The van der Waals surface area contributed by atoms with Crippen molar-refractivity contribution in [3.05, 3.63) is 4.83 Å². The van der Waals surface area contributed by atoms with Crippen LogP contribution in [-0.4, -0.2) is 0 Å². The van der Waals surface area contributed by atoms with Crippen molar-refractivity contribution >= 4 is 15.9 Å². The Morgan fingerprint density at radius 2 is 2.20 bits per heavy atom. The number of halogens is 1. The molecule has 0 heterocycles. The fourth-order valence-corrected chi connectivity index (χ4v) is 0. The van der Waals surface area contributed by atoms with E-state index in [4.69, 9.17) is 5.26 Å². The normalized spacial score (nSPS) is 7.60. The zero-order chi connectivity index (χ0) is 4.28. The van der Waals surface area contributed by atoms with Crippen molar-refractivity contribution in [2.24, 2.45) is 0 Å². The Morgan fingerprint density at radius 1 is 2.00 bits per heavy atom. The van der Waals surface area contributed by atoms with E-state index in [1.54, 1.807) is 6.92 Å². The third kappa shape index (κ3) is 3.97. The lowest BCUT2D eigenvalue weighted by atomic mass is 10.6. The van der Waals surface area contributed by atoms with Crippen LogP contribution in [0.15, 0.2) is 0 Å². The van der Waals surface area contributed by atoms with Crippen LogP contribution in [0, 0.1) is 16.2 Å². The van der Waals surface area contributed by atoms with Crippen LogP contribution in [-0.2, 0) is 0 Å². The lowest BCUT2D eigenvalue weighted by Gasteiger charge is -1.71. The van der Waals surface area contributed by atoms with Crippen molar-refractivity contribution in [1.29, 1.82) is 5.26 Å². The summed E-state index contributed by atoms with van der Waals surface area (Å²) in [6.45, 7) is 1.69. The monoisotopic (exact) mass is 132 g/mol. The van der Waals surface area contributed by atoms with E-state index in [9.17, 15) is 0 Å². The Hall–Kier alpha value is -0.0300. The van der Waals surface area contributed by atoms with Gasteiger partial charge >= 0.3 is 0 Å². The van der Waals surface area contributed by atoms with E-state index < -0.39 is 0 Å². The first-order chi connectivity index (χ1) is 2.27. The largest absolute Gasteiger partial charge is 0.197 e. The molecular weight excluding hydrogens is 130 g/mol. The van der Waals surface area contributed by atoms with Crippen molar-refractivity contribution in [2.45, 2.75) is 6.92 Å². The first-order valence-corrected chi connectivity index (χ1v) is 1.96. The van der Waals surface area contributed by atoms with Gasteiger partial charge in [-0.15, -0.1) is 0 Å². The van der Waals surface area contributed by atoms with Crippen LogP contribution in [0.4, 0.5) is 0 Å². The van der Waals surface area contributed by atoms with Gasteiger partial charge in [-0.3, -0.25) is 0 Å². The molecule has 2 heteroatoms. The maximum Gasteiger partial charge on any atom is 0.137 e. The average molecular weight is 133 g/mol. The smallest absolute Gasteiger partial charge is 0.137 e. The molecule has 0 amide bonds. The standard InChI is InChI=1S/C3H3BrN/c1-3(4)2-5/h1H3. The lowest BCUT2D eigenvalue weighted by Crippen LogP contribution is -1.61. The molecule has 0 N–H and O–H groups in total. The Morgan fingerprint density at radius 3 is 2.20 bits per heavy atom. The van der Waals surface area contributed by atoms with Gasteiger partial charge in [0.05, 0.1) is 6.07 Å². The number of hydrogen-bond acceptors (Lipinski definition) is 1.